The minimum absolute atomic E-state index is 0.0855. The molecule has 0 aliphatic carbocycles. The second kappa shape index (κ2) is 7.90. The van der Waals surface area contributed by atoms with Crippen LogP contribution in [0.3, 0.4) is 0 Å². The lowest BCUT2D eigenvalue weighted by molar-refractivity contribution is 0.161. The normalized spacial score (nSPS) is 18.1. The average Bonchev–Trinajstić information content (AvgIpc) is 2.50. The van der Waals surface area contributed by atoms with Crippen LogP contribution in [0.15, 0.2) is 18.2 Å². The van der Waals surface area contributed by atoms with E-state index < -0.39 is 0 Å². The van der Waals surface area contributed by atoms with Crippen LogP contribution in [-0.2, 0) is 0 Å². The Morgan fingerprint density at radius 2 is 2.05 bits per heavy atom. The zero-order chi connectivity index (χ0) is 15.2. The van der Waals surface area contributed by atoms with Crippen LogP contribution in [0.25, 0.3) is 0 Å². The van der Waals surface area contributed by atoms with Crippen LogP contribution in [0.1, 0.15) is 50.3 Å². The monoisotopic (exact) mass is 292 g/mol. The van der Waals surface area contributed by atoms with Gasteiger partial charge in [-0.05, 0) is 75.9 Å². The molecule has 1 N–H and O–H groups in total. The molecule has 1 fully saturated rings. The summed E-state index contributed by atoms with van der Waals surface area (Å²) in [6, 6.07) is 5.98. The Morgan fingerprint density at radius 3 is 2.67 bits per heavy atom. The summed E-state index contributed by atoms with van der Waals surface area (Å²) >= 11 is 0. The molecule has 2 rings (SSSR count). The number of hydrogen-bond donors (Lipinski definition) is 1. The topological polar surface area (TPSA) is 15.3 Å². The smallest absolute Gasteiger partial charge is 0.126 e. The first-order valence-electron chi connectivity index (χ1n) is 8.32. The van der Waals surface area contributed by atoms with E-state index in [1.54, 1.807) is 6.07 Å². The molecule has 2 nitrogen and oxygen atoms in total. The number of hydrogen-bond acceptors (Lipinski definition) is 2. The molecule has 3 heteroatoms. The number of piperidine rings is 1. The number of nitrogens with one attached hydrogen (secondary N) is 1. The Kier molecular flexibility index (Phi) is 6.19. The summed E-state index contributed by atoms with van der Waals surface area (Å²) < 4.78 is 13.8. The van der Waals surface area contributed by atoms with Gasteiger partial charge >= 0.3 is 0 Å². The van der Waals surface area contributed by atoms with E-state index in [0.29, 0.717) is 0 Å². The quantitative estimate of drug-likeness (QED) is 0.855. The third-order valence-electron chi connectivity index (χ3n) is 4.69. The molecule has 0 aromatic heterocycles. The number of benzene rings is 1. The van der Waals surface area contributed by atoms with Crippen molar-refractivity contribution in [3.8, 4) is 0 Å². The van der Waals surface area contributed by atoms with Crippen molar-refractivity contribution < 1.29 is 4.39 Å². The zero-order valence-electron chi connectivity index (χ0n) is 13.7. The van der Waals surface area contributed by atoms with E-state index in [-0.39, 0.29) is 11.9 Å². The average molecular weight is 292 g/mol. The van der Waals surface area contributed by atoms with Gasteiger partial charge in [-0.3, -0.25) is 4.90 Å². The van der Waals surface area contributed by atoms with E-state index in [9.17, 15) is 4.39 Å². The molecule has 1 saturated heterocycles. The maximum Gasteiger partial charge on any atom is 0.126 e. The van der Waals surface area contributed by atoms with Gasteiger partial charge in [0.1, 0.15) is 5.82 Å². The Balaban J connectivity index is 2.06. The van der Waals surface area contributed by atoms with Crippen LogP contribution >= 0.6 is 0 Å². The number of rotatable bonds is 6. The van der Waals surface area contributed by atoms with Gasteiger partial charge in [0.25, 0.3) is 0 Å². The maximum absolute atomic E-state index is 13.8. The molecule has 1 atom stereocenters. The van der Waals surface area contributed by atoms with Crippen LogP contribution in [0.2, 0.25) is 0 Å². The molecule has 21 heavy (non-hydrogen) atoms. The molecular formula is C18H29FN2. The van der Waals surface area contributed by atoms with E-state index in [4.69, 9.17) is 0 Å². The predicted molar refractivity (Wildman–Crippen MR) is 87.0 cm³/mol. The fraction of sp³-hybridized carbons (Fsp3) is 0.667. The van der Waals surface area contributed by atoms with E-state index in [1.165, 1.54) is 12.8 Å². The molecule has 0 spiro atoms. The molecule has 0 radical (unpaired) electrons. The molecule has 1 heterocycles. The molecule has 1 aromatic rings. The fourth-order valence-corrected chi connectivity index (χ4v) is 3.21. The summed E-state index contributed by atoms with van der Waals surface area (Å²) in [5.41, 5.74) is 1.83. The first-order valence-corrected chi connectivity index (χ1v) is 8.32. The van der Waals surface area contributed by atoms with Gasteiger partial charge in [0.15, 0.2) is 0 Å². The summed E-state index contributed by atoms with van der Waals surface area (Å²) in [4.78, 5) is 2.53. The Labute approximate surface area is 128 Å². The van der Waals surface area contributed by atoms with Crippen LogP contribution in [0.4, 0.5) is 4.39 Å². The van der Waals surface area contributed by atoms with Gasteiger partial charge in [-0.25, -0.2) is 4.39 Å². The fourth-order valence-electron chi connectivity index (χ4n) is 3.21. The zero-order valence-corrected chi connectivity index (χ0v) is 13.7. The third-order valence-corrected chi connectivity index (χ3v) is 4.69. The molecule has 1 aliphatic heterocycles. The lowest BCUT2D eigenvalue weighted by atomic mass is 9.95. The highest BCUT2D eigenvalue weighted by Gasteiger charge is 2.21. The summed E-state index contributed by atoms with van der Waals surface area (Å²) in [5.74, 6) is 0.688. The van der Waals surface area contributed by atoms with E-state index in [1.807, 2.05) is 13.0 Å². The van der Waals surface area contributed by atoms with Gasteiger partial charge in [0, 0.05) is 12.6 Å². The SMILES string of the molecule is CCCN(CC1CCNCC1)C(C)c1ccc(C)c(F)c1. The molecule has 0 saturated carbocycles. The summed E-state index contributed by atoms with van der Waals surface area (Å²) in [7, 11) is 0. The third kappa shape index (κ3) is 4.52. The first kappa shape index (κ1) is 16.4. The molecule has 1 aliphatic rings. The summed E-state index contributed by atoms with van der Waals surface area (Å²) in [6.07, 6.45) is 3.66. The molecular weight excluding hydrogens is 263 g/mol. The van der Waals surface area contributed by atoms with Gasteiger partial charge in [0.05, 0.1) is 0 Å². The highest BCUT2D eigenvalue weighted by molar-refractivity contribution is 5.25. The molecule has 1 aromatic carbocycles. The first-order chi connectivity index (χ1) is 10.1. The Hall–Kier alpha value is -0.930. The van der Waals surface area contributed by atoms with Gasteiger partial charge < -0.3 is 5.32 Å². The van der Waals surface area contributed by atoms with Gasteiger partial charge in [0.2, 0.25) is 0 Å². The lowest BCUT2D eigenvalue weighted by Gasteiger charge is -2.34. The van der Waals surface area contributed by atoms with Crippen molar-refractivity contribution >= 4 is 0 Å². The highest BCUT2D eigenvalue weighted by atomic mass is 19.1. The van der Waals surface area contributed by atoms with Gasteiger partial charge in [-0.15, -0.1) is 0 Å². The number of nitrogens with zero attached hydrogens (tertiary/aromatic N) is 1. The summed E-state index contributed by atoms with van der Waals surface area (Å²) in [5, 5.41) is 3.43. The van der Waals surface area contributed by atoms with Crippen LogP contribution in [0, 0.1) is 18.7 Å². The van der Waals surface area contributed by atoms with Crippen LogP contribution in [0.5, 0.6) is 0 Å². The molecule has 0 amide bonds. The highest BCUT2D eigenvalue weighted by Crippen LogP contribution is 2.25. The lowest BCUT2D eigenvalue weighted by Crippen LogP contribution is -2.37. The van der Waals surface area contributed by atoms with Crippen molar-refractivity contribution in [1.82, 2.24) is 10.2 Å². The molecule has 1 unspecified atom stereocenters. The maximum atomic E-state index is 13.8. The van der Waals surface area contributed by atoms with Crippen molar-refractivity contribution in [3.05, 3.63) is 35.1 Å². The number of aryl methyl sites for hydroxylation is 1. The van der Waals surface area contributed by atoms with Crippen molar-refractivity contribution in [1.29, 1.82) is 0 Å². The van der Waals surface area contributed by atoms with Crippen LogP contribution < -0.4 is 5.32 Å². The summed E-state index contributed by atoms with van der Waals surface area (Å²) in [6.45, 7) is 10.7. The predicted octanol–water partition coefficient (Wildman–Crippen LogP) is 3.91. The molecule has 0 bridgehead atoms. The van der Waals surface area contributed by atoms with E-state index in [0.717, 1.165) is 49.6 Å². The number of halogens is 1. The molecule has 118 valence electrons. The standard InChI is InChI=1S/C18H29FN2/c1-4-11-21(13-16-7-9-20-10-8-16)15(3)17-6-5-14(2)18(19)12-17/h5-6,12,15-16,20H,4,7-11,13H2,1-3H3. The van der Waals surface area contributed by atoms with E-state index in [2.05, 4.69) is 30.1 Å². The minimum Gasteiger partial charge on any atom is -0.317 e. The second-order valence-corrected chi connectivity index (χ2v) is 6.37. The second-order valence-electron chi connectivity index (χ2n) is 6.37. The van der Waals surface area contributed by atoms with Crippen molar-refractivity contribution in [3.63, 3.8) is 0 Å². The van der Waals surface area contributed by atoms with Gasteiger partial charge in [-0.2, -0.15) is 0 Å². The Bertz CT molecular complexity index is 441. The van der Waals surface area contributed by atoms with Crippen molar-refractivity contribution in [2.45, 2.75) is 46.1 Å². The van der Waals surface area contributed by atoms with Gasteiger partial charge in [-0.1, -0.05) is 19.1 Å². The van der Waals surface area contributed by atoms with Crippen molar-refractivity contribution in [2.75, 3.05) is 26.2 Å². The minimum atomic E-state index is -0.0855. The Morgan fingerprint density at radius 1 is 1.33 bits per heavy atom. The van der Waals surface area contributed by atoms with Crippen LogP contribution in [-0.4, -0.2) is 31.1 Å². The van der Waals surface area contributed by atoms with E-state index >= 15 is 0 Å². The largest absolute Gasteiger partial charge is 0.317 e. The van der Waals surface area contributed by atoms with Crippen molar-refractivity contribution in [2.24, 2.45) is 5.92 Å².